The fraction of sp³-hybridized carbons (Fsp3) is 0.211. The zero-order chi connectivity index (χ0) is 20.3. The van der Waals surface area contributed by atoms with Crippen molar-refractivity contribution < 1.29 is 9.53 Å². The molecule has 1 aromatic carbocycles. The third-order valence-electron chi connectivity index (χ3n) is 4.36. The highest BCUT2D eigenvalue weighted by Gasteiger charge is 2.21. The predicted molar refractivity (Wildman–Crippen MR) is 99.9 cm³/mol. The molecule has 3 rings (SSSR count). The quantitative estimate of drug-likeness (QED) is 0.728. The summed E-state index contributed by atoms with van der Waals surface area (Å²) in [5.74, 6) is 0.682. The van der Waals surface area contributed by atoms with Crippen molar-refractivity contribution in [1.29, 1.82) is 10.5 Å². The molecule has 0 bridgehead atoms. The molecule has 0 fully saturated rings. The third-order valence-corrected chi connectivity index (χ3v) is 4.36. The van der Waals surface area contributed by atoms with Crippen molar-refractivity contribution in [3.05, 3.63) is 53.2 Å². The average molecular weight is 375 g/mol. The molecule has 1 amide bonds. The third kappa shape index (κ3) is 3.41. The number of carbonyl (C=O) groups excluding carboxylic acids is 1. The Balaban J connectivity index is 1.97. The van der Waals surface area contributed by atoms with Crippen LogP contribution in [-0.4, -0.2) is 32.3 Å². The summed E-state index contributed by atoms with van der Waals surface area (Å²) in [5, 5.41) is 25.1. The smallest absolute Gasteiger partial charge is 0.252 e. The number of hydrogen-bond acceptors (Lipinski definition) is 6. The van der Waals surface area contributed by atoms with E-state index in [4.69, 9.17) is 10.00 Å². The van der Waals surface area contributed by atoms with Gasteiger partial charge in [-0.25, -0.2) is 9.67 Å². The molecule has 0 aliphatic heterocycles. The van der Waals surface area contributed by atoms with E-state index in [9.17, 15) is 10.1 Å². The Morgan fingerprint density at radius 3 is 2.50 bits per heavy atom. The van der Waals surface area contributed by atoms with E-state index in [0.29, 0.717) is 17.1 Å². The molecule has 0 saturated heterocycles. The van der Waals surface area contributed by atoms with Crippen LogP contribution < -0.4 is 10.1 Å². The Morgan fingerprint density at radius 1 is 1.21 bits per heavy atom. The molecule has 9 heteroatoms. The molecule has 2 aromatic heterocycles. The number of aromatic nitrogens is 4. The van der Waals surface area contributed by atoms with Crippen LogP contribution in [0.25, 0.3) is 5.69 Å². The van der Waals surface area contributed by atoms with Crippen molar-refractivity contribution in [3.8, 4) is 23.6 Å². The number of nitrogens with zero attached hydrogens (tertiary/aromatic N) is 6. The van der Waals surface area contributed by atoms with E-state index >= 15 is 0 Å². The average Bonchev–Trinajstić information content (AvgIpc) is 3.24. The van der Waals surface area contributed by atoms with E-state index in [2.05, 4.69) is 21.5 Å². The SMILES string of the molecule is COc1ccc(-n2c(C)c(C)c(C#N)c2NC(=O)Cn2cnc(C#N)n2)cc1. The minimum atomic E-state index is -0.391. The minimum Gasteiger partial charge on any atom is -0.497 e. The Hall–Kier alpha value is -4.11. The van der Waals surface area contributed by atoms with E-state index in [1.54, 1.807) is 19.2 Å². The first kappa shape index (κ1) is 18.7. The topological polar surface area (TPSA) is 122 Å². The number of nitriles is 2. The summed E-state index contributed by atoms with van der Waals surface area (Å²) in [7, 11) is 1.58. The minimum absolute atomic E-state index is 0.0150. The molecule has 0 saturated carbocycles. The fourth-order valence-electron chi connectivity index (χ4n) is 2.86. The lowest BCUT2D eigenvalue weighted by Gasteiger charge is -2.13. The number of amides is 1. The lowest BCUT2D eigenvalue weighted by Crippen LogP contribution is -2.21. The molecule has 0 radical (unpaired) electrons. The molecule has 9 nitrogen and oxygen atoms in total. The van der Waals surface area contributed by atoms with Gasteiger partial charge in [0.2, 0.25) is 5.91 Å². The fourth-order valence-corrected chi connectivity index (χ4v) is 2.86. The second-order valence-corrected chi connectivity index (χ2v) is 6.00. The predicted octanol–water partition coefficient (Wildman–Crippen LogP) is 2.08. The molecule has 0 atom stereocenters. The summed E-state index contributed by atoms with van der Waals surface area (Å²) in [6.45, 7) is 3.58. The van der Waals surface area contributed by atoms with Gasteiger partial charge in [0.1, 0.15) is 36.6 Å². The van der Waals surface area contributed by atoms with Crippen molar-refractivity contribution in [1.82, 2.24) is 19.3 Å². The van der Waals surface area contributed by atoms with Gasteiger partial charge in [-0.3, -0.25) is 9.36 Å². The van der Waals surface area contributed by atoms with Crippen LogP contribution in [0.15, 0.2) is 30.6 Å². The molecule has 140 valence electrons. The summed E-state index contributed by atoms with van der Waals surface area (Å²) in [5.41, 5.74) is 2.79. The lowest BCUT2D eigenvalue weighted by atomic mass is 10.2. The van der Waals surface area contributed by atoms with Crippen LogP contribution in [0.1, 0.15) is 22.6 Å². The Bertz CT molecular complexity index is 1110. The van der Waals surface area contributed by atoms with Gasteiger partial charge in [-0.05, 0) is 43.7 Å². The standard InChI is InChI=1S/C19H17N7O2/c1-12-13(2)26(14-4-6-15(28-3)7-5-14)19(16(12)8-20)23-18(27)10-25-11-22-17(9-21)24-25/h4-7,11H,10H2,1-3H3,(H,23,27). The highest BCUT2D eigenvalue weighted by atomic mass is 16.5. The highest BCUT2D eigenvalue weighted by molar-refractivity contribution is 5.92. The number of hydrogen-bond donors (Lipinski definition) is 1. The number of nitrogens with one attached hydrogen (secondary N) is 1. The number of ether oxygens (including phenoxy) is 1. The van der Waals surface area contributed by atoms with Crippen LogP contribution in [-0.2, 0) is 11.3 Å². The summed E-state index contributed by atoms with van der Waals surface area (Å²) >= 11 is 0. The normalized spacial score (nSPS) is 10.2. The zero-order valence-electron chi connectivity index (χ0n) is 15.6. The second-order valence-electron chi connectivity index (χ2n) is 6.00. The van der Waals surface area contributed by atoms with Gasteiger partial charge in [0.05, 0.1) is 12.7 Å². The first-order valence-electron chi connectivity index (χ1n) is 8.34. The van der Waals surface area contributed by atoms with E-state index in [-0.39, 0.29) is 12.4 Å². The molecular weight excluding hydrogens is 358 g/mol. The van der Waals surface area contributed by atoms with Gasteiger partial charge in [-0.2, -0.15) is 10.5 Å². The number of rotatable bonds is 5. The summed E-state index contributed by atoms with van der Waals surface area (Å²) in [4.78, 5) is 16.3. The molecular formula is C19H17N7O2. The number of carbonyl (C=O) groups is 1. The molecule has 0 aliphatic rings. The van der Waals surface area contributed by atoms with E-state index < -0.39 is 5.91 Å². The van der Waals surface area contributed by atoms with Crippen molar-refractivity contribution in [2.45, 2.75) is 20.4 Å². The van der Waals surface area contributed by atoms with E-state index in [1.807, 2.05) is 36.6 Å². The molecule has 1 N–H and O–H groups in total. The first-order valence-corrected chi connectivity index (χ1v) is 8.34. The van der Waals surface area contributed by atoms with Crippen molar-refractivity contribution in [2.75, 3.05) is 12.4 Å². The Kier molecular flexibility index (Phi) is 5.10. The maximum absolute atomic E-state index is 12.5. The van der Waals surface area contributed by atoms with E-state index in [0.717, 1.165) is 16.9 Å². The van der Waals surface area contributed by atoms with Gasteiger partial charge in [-0.1, -0.05) is 0 Å². The monoisotopic (exact) mass is 375 g/mol. The zero-order valence-corrected chi connectivity index (χ0v) is 15.6. The number of anilines is 1. The molecule has 0 aliphatic carbocycles. The molecule has 0 unspecified atom stereocenters. The summed E-state index contributed by atoms with van der Waals surface area (Å²) in [6.07, 6.45) is 1.31. The van der Waals surface area contributed by atoms with Crippen LogP contribution >= 0.6 is 0 Å². The van der Waals surface area contributed by atoms with Gasteiger partial charge in [-0.15, -0.1) is 5.10 Å². The molecule has 0 spiro atoms. The van der Waals surface area contributed by atoms with E-state index in [1.165, 1.54) is 11.0 Å². The van der Waals surface area contributed by atoms with Crippen LogP contribution in [0.2, 0.25) is 0 Å². The molecule has 3 aromatic rings. The van der Waals surface area contributed by atoms with Crippen LogP contribution in [0.3, 0.4) is 0 Å². The van der Waals surface area contributed by atoms with Gasteiger partial charge < -0.3 is 10.1 Å². The Labute approximate surface area is 161 Å². The van der Waals surface area contributed by atoms with Crippen molar-refractivity contribution in [2.24, 2.45) is 0 Å². The number of benzene rings is 1. The second kappa shape index (κ2) is 7.64. The van der Waals surface area contributed by atoms with Crippen LogP contribution in [0, 0.1) is 36.5 Å². The van der Waals surface area contributed by atoms with Gasteiger partial charge in [0, 0.05) is 11.4 Å². The van der Waals surface area contributed by atoms with Crippen LogP contribution in [0.5, 0.6) is 5.75 Å². The Morgan fingerprint density at radius 2 is 1.93 bits per heavy atom. The molecule has 2 heterocycles. The van der Waals surface area contributed by atoms with Gasteiger partial charge >= 0.3 is 0 Å². The number of methoxy groups -OCH3 is 1. The first-order chi connectivity index (χ1) is 13.5. The summed E-state index contributed by atoms with van der Waals surface area (Å²) < 4.78 is 8.26. The van der Waals surface area contributed by atoms with Crippen molar-refractivity contribution >= 4 is 11.7 Å². The lowest BCUT2D eigenvalue weighted by molar-refractivity contribution is -0.116. The molecule has 28 heavy (non-hydrogen) atoms. The van der Waals surface area contributed by atoms with Gasteiger partial charge in [0.15, 0.2) is 0 Å². The largest absolute Gasteiger partial charge is 0.497 e. The van der Waals surface area contributed by atoms with Crippen LogP contribution in [0.4, 0.5) is 5.82 Å². The highest BCUT2D eigenvalue weighted by Crippen LogP contribution is 2.30. The van der Waals surface area contributed by atoms with Crippen molar-refractivity contribution in [3.63, 3.8) is 0 Å². The maximum atomic E-state index is 12.5. The van der Waals surface area contributed by atoms with Gasteiger partial charge in [0.25, 0.3) is 5.82 Å². The summed E-state index contributed by atoms with van der Waals surface area (Å²) in [6, 6.07) is 11.3. The maximum Gasteiger partial charge on any atom is 0.252 e.